The summed E-state index contributed by atoms with van der Waals surface area (Å²) >= 11 is 0. The highest BCUT2D eigenvalue weighted by Gasteiger charge is 2.36. The second-order valence-corrected chi connectivity index (χ2v) is 12.1. The van der Waals surface area contributed by atoms with E-state index in [0.717, 1.165) is 6.07 Å². The smallest absolute Gasteiger partial charge is 0.418 e. The number of anilines is 3. The molecule has 0 spiro atoms. The first-order chi connectivity index (χ1) is 24.1. The number of rotatable bonds is 9. The molecule has 264 valence electrons. The minimum Gasteiger partial charge on any atom is -0.493 e. The van der Waals surface area contributed by atoms with Crippen molar-refractivity contribution in [2.75, 3.05) is 56.1 Å². The molecular weight excluding hydrogens is 655 g/mol. The number of halogens is 3. The number of urea groups is 1. The summed E-state index contributed by atoms with van der Waals surface area (Å²) in [6.45, 7) is 1.82. The number of hydrogen-bond donors (Lipinski definition) is 3. The van der Waals surface area contributed by atoms with E-state index in [1.807, 2.05) is 0 Å². The molecule has 2 saturated heterocycles. The van der Waals surface area contributed by atoms with Crippen molar-refractivity contribution in [1.29, 1.82) is 0 Å². The van der Waals surface area contributed by atoms with Gasteiger partial charge in [-0.2, -0.15) is 13.2 Å². The summed E-state index contributed by atoms with van der Waals surface area (Å²) in [5.74, 6) is 1.81. The van der Waals surface area contributed by atoms with Crippen LogP contribution in [0.15, 0.2) is 66.9 Å². The van der Waals surface area contributed by atoms with E-state index in [-0.39, 0.29) is 29.2 Å². The number of hydrogen-bond acceptors (Lipinski definition) is 8. The van der Waals surface area contributed by atoms with Crippen LogP contribution in [-0.2, 0) is 15.7 Å². The van der Waals surface area contributed by atoms with Gasteiger partial charge in [0.25, 0.3) is 0 Å². The number of alkyl halides is 3. The zero-order valence-electron chi connectivity index (χ0n) is 27.6. The van der Waals surface area contributed by atoms with Gasteiger partial charge in [-0.05, 0) is 68.1 Å². The van der Waals surface area contributed by atoms with Crippen molar-refractivity contribution in [2.24, 2.45) is 5.92 Å². The maximum atomic E-state index is 14.3. The van der Waals surface area contributed by atoms with E-state index in [2.05, 4.69) is 20.9 Å². The van der Waals surface area contributed by atoms with E-state index >= 15 is 0 Å². The Kier molecular flexibility index (Phi) is 10.5. The van der Waals surface area contributed by atoms with E-state index in [1.54, 1.807) is 53.6 Å². The Hall–Kier alpha value is -5.24. The zero-order valence-corrected chi connectivity index (χ0v) is 27.6. The third-order valence-corrected chi connectivity index (χ3v) is 8.86. The summed E-state index contributed by atoms with van der Waals surface area (Å²) in [5.41, 5.74) is 0.142. The van der Waals surface area contributed by atoms with Crippen LogP contribution in [0.1, 0.15) is 31.2 Å². The van der Waals surface area contributed by atoms with Crippen LogP contribution in [0.3, 0.4) is 0 Å². The van der Waals surface area contributed by atoms with Crippen molar-refractivity contribution in [3.05, 3.63) is 72.4 Å². The first kappa shape index (κ1) is 34.6. The molecule has 6 rings (SSSR count). The summed E-state index contributed by atoms with van der Waals surface area (Å²) in [6.07, 6.45) is -0.660. The minimum absolute atomic E-state index is 0.0134. The summed E-state index contributed by atoms with van der Waals surface area (Å²) in [7, 11) is 3.06. The van der Waals surface area contributed by atoms with Crippen LogP contribution in [0, 0.1) is 5.92 Å². The zero-order chi connectivity index (χ0) is 35.3. The molecule has 0 aliphatic carbocycles. The van der Waals surface area contributed by atoms with E-state index in [0.29, 0.717) is 91.6 Å². The average Bonchev–Trinajstić information content (AvgIpc) is 3.11. The molecular formula is C36H38F3N5O6. The Bertz CT molecular complexity index is 1840. The van der Waals surface area contributed by atoms with Crippen LogP contribution in [0.2, 0.25) is 0 Å². The van der Waals surface area contributed by atoms with Gasteiger partial charge in [0.15, 0.2) is 11.5 Å². The molecule has 0 unspecified atom stereocenters. The molecule has 2 fully saturated rings. The normalized spacial score (nSPS) is 15.7. The number of fused-ring (bicyclic) bond motifs is 1. The van der Waals surface area contributed by atoms with Crippen molar-refractivity contribution in [1.82, 2.24) is 10.3 Å². The van der Waals surface area contributed by atoms with Crippen LogP contribution in [-0.4, -0.2) is 63.5 Å². The SMILES string of the molecule is COc1cc2nccc(Oc3cccc(NC(=O)Nc4ccc(N5CCC(NC(=O)C6CCOCC6)CC5)c(C(F)(F)F)c4)c3)c2cc1OC. The molecule has 11 nitrogen and oxygen atoms in total. The fourth-order valence-electron chi connectivity index (χ4n) is 6.25. The molecule has 50 heavy (non-hydrogen) atoms. The minimum atomic E-state index is -4.66. The second kappa shape index (κ2) is 15.1. The summed E-state index contributed by atoms with van der Waals surface area (Å²) in [6, 6.07) is 14.7. The second-order valence-electron chi connectivity index (χ2n) is 12.1. The number of benzene rings is 3. The fourth-order valence-corrected chi connectivity index (χ4v) is 6.25. The van der Waals surface area contributed by atoms with Gasteiger partial charge < -0.3 is 39.8 Å². The number of nitrogens with one attached hydrogen (secondary N) is 3. The van der Waals surface area contributed by atoms with Gasteiger partial charge in [-0.1, -0.05) is 6.07 Å². The van der Waals surface area contributed by atoms with Crippen LogP contribution in [0.25, 0.3) is 10.9 Å². The highest BCUT2D eigenvalue weighted by molar-refractivity contribution is 6.00. The fraction of sp³-hybridized carbons (Fsp3) is 0.361. The van der Waals surface area contributed by atoms with Crippen LogP contribution < -0.4 is 35.1 Å². The van der Waals surface area contributed by atoms with Crippen LogP contribution >= 0.6 is 0 Å². The number of pyridine rings is 1. The van der Waals surface area contributed by atoms with Crippen molar-refractivity contribution in [3.63, 3.8) is 0 Å². The predicted molar refractivity (Wildman–Crippen MR) is 182 cm³/mol. The maximum Gasteiger partial charge on any atom is 0.418 e. The molecule has 2 aliphatic heterocycles. The van der Waals surface area contributed by atoms with E-state index in [1.165, 1.54) is 26.4 Å². The van der Waals surface area contributed by atoms with Crippen molar-refractivity contribution >= 4 is 39.9 Å². The molecule has 2 aliphatic rings. The summed E-state index contributed by atoms with van der Waals surface area (Å²) in [5, 5.41) is 8.91. The number of carbonyl (C=O) groups is 2. The number of carbonyl (C=O) groups excluding carboxylic acids is 2. The largest absolute Gasteiger partial charge is 0.493 e. The Morgan fingerprint density at radius 1 is 0.860 bits per heavy atom. The van der Waals surface area contributed by atoms with Gasteiger partial charge in [0.1, 0.15) is 11.5 Å². The highest BCUT2D eigenvalue weighted by Crippen LogP contribution is 2.40. The molecule has 4 aromatic rings. The van der Waals surface area contributed by atoms with Crippen LogP contribution in [0.4, 0.5) is 35.0 Å². The lowest BCUT2D eigenvalue weighted by molar-refractivity contribution is -0.137. The maximum absolute atomic E-state index is 14.3. The highest BCUT2D eigenvalue weighted by atomic mass is 19.4. The van der Waals surface area contributed by atoms with E-state index in [9.17, 15) is 22.8 Å². The molecule has 3 heterocycles. The van der Waals surface area contributed by atoms with Crippen molar-refractivity contribution in [2.45, 2.75) is 37.9 Å². The molecule has 14 heteroatoms. The van der Waals surface area contributed by atoms with Gasteiger partial charge in [0, 0.05) is 79.0 Å². The third kappa shape index (κ3) is 8.13. The number of aromatic nitrogens is 1. The third-order valence-electron chi connectivity index (χ3n) is 8.86. The van der Waals surface area contributed by atoms with Gasteiger partial charge in [-0.25, -0.2) is 4.79 Å². The predicted octanol–water partition coefficient (Wildman–Crippen LogP) is 7.22. The first-order valence-electron chi connectivity index (χ1n) is 16.3. The molecule has 0 bridgehead atoms. The summed E-state index contributed by atoms with van der Waals surface area (Å²) < 4.78 is 65.0. The Morgan fingerprint density at radius 2 is 1.56 bits per heavy atom. The Morgan fingerprint density at radius 3 is 2.26 bits per heavy atom. The monoisotopic (exact) mass is 693 g/mol. The number of methoxy groups -OCH3 is 2. The van der Waals surface area contributed by atoms with Gasteiger partial charge >= 0.3 is 12.2 Å². The molecule has 0 atom stereocenters. The molecule has 0 saturated carbocycles. The number of piperidine rings is 1. The lowest BCUT2D eigenvalue weighted by Gasteiger charge is -2.36. The van der Waals surface area contributed by atoms with Gasteiger partial charge in [0.05, 0.1) is 25.3 Å². The van der Waals surface area contributed by atoms with Crippen molar-refractivity contribution < 1.29 is 41.7 Å². The lowest BCUT2D eigenvalue weighted by atomic mass is 9.97. The van der Waals surface area contributed by atoms with Gasteiger partial charge in [-0.3, -0.25) is 9.78 Å². The molecule has 3 amide bonds. The molecule has 1 aromatic heterocycles. The summed E-state index contributed by atoms with van der Waals surface area (Å²) in [4.78, 5) is 31.6. The van der Waals surface area contributed by atoms with Gasteiger partial charge in [-0.15, -0.1) is 0 Å². The Labute approximate surface area is 287 Å². The number of amides is 3. The quantitative estimate of drug-likeness (QED) is 0.168. The standard InChI is InChI=1S/C36H38F3N5O6/c1-47-32-20-27-29(21-33(32)48-2)40-13-8-31(27)50-26-5-3-4-24(18-26)42-35(46)43-25-6-7-30(28(19-25)36(37,38)39)44-14-9-23(10-15-44)41-34(45)22-11-16-49-17-12-22/h3-8,13,18-23H,9-12,14-17H2,1-2H3,(H,41,45)(H2,42,43,46). The number of nitrogens with zero attached hydrogens (tertiary/aromatic N) is 2. The lowest BCUT2D eigenvalue weighted by Crippen LogP contribution is -2.47. The topological polar surface area (TPSA) is 123 Å². The van der Waals surface area contributed by atoms with Crippen molar-refractivity contribution in [3.8, 4) is 23.0 Å². The molecule has 0 radical (unpaired) electrons. The van der Waals surface area contributed by atoms with E-state index < -0.39 is 17.8 Å². The van der Waals surface area contributed by atoms with E-state index in [4.69, 9.17) is 18.9 Å². The first-order valence-corrected chi connectivity index (χ1v) is 16.3. The molecule has 3 N–H and O–H groups in total. The molecule has 3 aromatic carbocycles. The van der Waals surface area contributed by atoms with Gasteiger partial charge in [0.2, 0.25) is 5.91 Å². The average molecular weight is 694 g/mol. The van der Waals surface area contributed by atoms with Crippen LogP contribution in [0.5, 0.6) is 23.0 Å². The Balaban J connectivity index is 1.09. The number of ether oxygens (including phenoxy) is 4.